The zero-order valence-corrected chi connectivity index (χ0v) is 18.5. The number of halogens is 1. The Morgan fingerprint density at radius 2 is 1.94 bits per heavy atom. The molecule has 33 heavy (non-hydrogen) atoms. The first-order chi connectivity index (χ1) is 16.0. The van der Waals surface area contributed by atoms with Gasteiger partial charge in [-0.05, 0) is 29.7 Å². The molecule has 2 N–H and O–H groups in total. The molecular weight excluding hydrogens is 444 g/mol. The van der Waals surface area contributed by atoms with Crippen LogP contribution in [0.2, 0.25) is 5.02 Å². The van der Waals surface area contributed by atoms with Crippen LogP contribution in [0.1, 0.15) is 40.7 Å². The lowest BCUT2D eigenvalue weighted by molar-refractivity contribution is -0.132. The van der Waals surface area contributed by atoms with Crippen molar-refractivity contribution < 1.29 is 19.7 Å². The Morgan fingerprint density at radius 3 is 2.70 bits per heavy atom. The van der Waals surface area contributed by atoms with Gasteiger partial charge >= 0.3 is 5.97 Å². The normalized spacial score (nSPS) is 20.8. The minimum Gasteiger partial charge on any atom is -0.476 e. The maximum atomic E-state index is 11.1. The number of aliphatic hydroxyl groups excluding tert-OH is 1. The summed E-state index contributed by atoms with van der Waals surface area (Å²) >= 11 is 6.60. The fraction of sp³-hybridized carbons (Fsp3) is 0.292. The molecular formula is C24H23ClN4O4. The average Bonchev–Trinajstić information content (AvgIpc) is 3.40. The first-order valence-electron chi connectivity index (χ1n) is 10.8. The minimum atomic E-state index is -1.13. The van der Waals surface area contributed by atoms with Crippen LogP contribution in [0.5, 0.6) is 0 Å². The van der Waals surface area contributed by atoms with Gasteiger partial charge in [-0.3, -0.25) is 0 Å². The molecule has 0 spiro atoms. The second-order valence-electron chi connectivity index (χ2n) is 8.33. The summed E-state index contributed by atoms with van der Waals surface area (Å²) in [5.41, 5.74) is 3.09. The standard InChI is InChI=1S/C24H23ClN4O4/c25-19-7-4-8-21-23(19)16(9-15-5-2-1-3-6-15)12-29(21)22-11-17(30)10-18(33-22)13-28-14-20(24(31)32)26-27-28/h1-8,12,14,17-18,22,30H,9-11,13H2,(H,31,32). The number of carboxylic acids is 1. The number of aromatic carboxylic acids is 1. The number of fused-ring (bicyclic) bond motifs is 1. The Bertz CT molecular complexity index is 1290. The third-order valence-electron chi connectivity index (χ3n) is 5.94. The van der Waals surface area contributed by atoms with Gasteiger partial charge in [0.2, 0.25) is 0 Å². The Kier molecular flexibility index (Phi) is 5.88. The molecule has 3 unspecified atom stereocenters. The summed E-state index contributed by atoms with van der Waals surface area (Å²) in [6, 6.07) is 16.0. The Labute approximate surface area is 195 Å². The van der Waals surface area contributed by atoms with Crippen molar-refractivity contribution in [1.29, 1.82) is 0 Å². The molecule has 1 aliphatic heterocycles. The summed E-state index contributed by atoms with van der Waals surface area (Å²) in [4.78, 5) is 11.1. The van der Waals surface area contributed by atoms with Crippen LogP contribution in [0.4, 0.5) is 0 Å². The summed E-state index contributed by atoms with van der Waals surface area (Å²) in [6.07, 6.45) is 3.70. The van der Waals surface area contributed by atoms with E-state index in [-0.39, 0.29) is 11.8 Å². The second kappa shape index (κ2) is 8.97. The van der Waals surface area contributed by atoms with Crippen LogP contribution in [-0.4, -0.2) is 48.0 Å². The van der Waals surface area contributed by atoms with E-state index in [4.69, 9.17) is 21.4 Å². The number of carbonyl (C=O) groups is 1. The number of hydrogen-bond acceptors (Lipinski definition) is 5. The molecule has 0 radical (unpaired) electrons. The molecule has 2 aromatic carbocycles. The van der Waals surface area contributed by atoms with E-state index in [0.717, 1.165) is 22.9 Å². The monoisotopic (exact) mass is 466 g/mol. The molecule has 1 saturated heterocycles. The van der Waals surface area contributed by atoms with Crippen LogP contribution in [0.25, 0.3) is 10.9 Å². The van der Waals surface area contributed by atoms with Crippen LogP contribution >= 0.6 is 11.6 Å². The summed E-state index contributed by atoms with van der Waals surface area (Å²) in [7, 11) is 0. The number of nitrogens with zero attached hydrogens (tertiary/aromatic N) is 4. The van der Waals surface area contributed by atoms with Crippen LogP contribution in [-0.2, 0) is 17.7 Å². The van der Waals surface area contributed by atoms with Crippen molar-refractivity contribution in [2.45, 2.75) is 44.2 Å². The highest BCUT2D eigenvalue weighted by molar-refractivity contribution is 6.35. The third kappa shape index (κ3) is 4.50. The average molecular weight is 467 g/mol. The topological polar surface area (TPSA) is 102 Å². The maximum Gasteiger partial charge on any atom is 0.358 e. The SMILES string of the molecule is O=C(O)c1cn(CC2CC(O)CC(n3cc(Cc4ccccc4)c4c(Cl)cccc43)O2)nn1. The van der Waals surface area contributed by atoms with Gasteiger partial charge in [0.1, 0.15) is 6.23 Å². The predicted octanol–water partition coefficient (Wildman–Crippen LogP) is 3.91. The van der Waals surface area contributed by atoms with E-state index < -0.39 is 18.3 Å². The first-order valence-corrected chi connectivity index (χ1v) is 11.1. The number of aliphatic hydroxyl groups is 1. The quantitative estimate of drug-likeness (QED) is 0.446. The Morgan fingerprint density at radius 1 is 1.12 bits per heavy atom. The minimum absolute atomic E-state index is 0.125. The molecule has 4 aromatic rings. The van der Waals surface area contributed by atoms with Gasteiger partial charge in [-0.15, -0.1) is 5.10 Å². The van der Waals surface area contributed by atoms with Crippen molar-refractivity contribution in [3.63, 3.8) is 0 Å². The van der Waals surface area contributed by atoms with Crippen LogP contribution in [0.15, 0.2) is 60.9 Å². The number of benzene rings is 2. The lowest BCUT2D eigenvalue weighted by atomic mass is 10.0. The van der Waals surface area contributed by atoms with E-state index in [2.05, 4.69) is 28.6 Å². The van der Waals surface area contributed by atoms with Crippen molar-refractivity contribution in [3.05, 3.63) is 82.8 Å². The Balaban J connectivity index is 1.45. The van der Waals surface area contributed by atoms with E-state index in [0.29, 0.717) is 24.4 Å². The smallest absolute Gasteiger partial charge is 0.358 e. The van der Waals surface area contributed by atoms with Gasteiger partial charge in [-0.2, -0.15) is 0 Å². The van der Waals surface area contributed by atoms with Crippen molar-refractivity contribution in [1.82, 2.24) is 19.6 Å². The van der Waals surface area contributed by atoms with E-state index in [1.165, 1.54) is 16.4 Å². The first kappa shape index (κ1) is 21.6. The van der Waals surface area contributed by atoms with Crippen LogP contribution in [0, 0.1) is 0 Å². The second-order valence-corrected chi connectivity index (χ2v) is 8.73. The lowest BCUT2D eigenvalue weighted by Crippen LogP contribution is -2.36. The van der Waals surface area contributed by atoms with E-state index in [1.54, 1.807) is 0 Å². The zero-order valence-electron chi connectivity index (χ0n) is 17.7. The van der Waals surface area contributed by atoms with Gasteiger partial charge in [0.25, 0.3) is 0 Å². The molecule has 9 heteroatoms. The zero-order chi connectivity index (χ0) is 22.9. The molecule has 0 aliphatic carbocycles. The molecule has 170 valence electrons. The van der Waals surface area contributed by atoms with Gasteiger partial charge in [-0.1, -0.05) is 53.2 Å². The molecule has 8 nitrogen and oxygen atoms in total. The highest BCUT2D eigenvalue weighted by Crippen LogP contribution is 2.36. The number of ether oxygens (including phenoxy) is 1. The third-order valence-corrected chi connectivity index (χ3v) is 6.26. The van der Waals surface area contributed by atoms with Gasteiger partial charge < -0.3 is 19.5 Å². The summed E-state index contributed by atoms with van der Waals surface area (Å²) < 4.78 is 9.83. The van der Waals surface area contributed by atoms with Crippen LogP contribution < -0.4 is 0 Å². The molecule has 0 saturated carbocycles. The molecule has 0 amide bonds. The Hall–Kier alpha value is -3.20. The van der Waals surface area contributed by atoms with E-state index in [1.807, 2.05) is 41.0 Å². The van der Waals surface area contributed by atoms with Crippen molar-refractivity contribution in [2.75, 3.05) is 0 Å². The lowest BCUT2D eigenvalue weighted by Gasteiger charge is -2.34. The van der Waals surface area contributed by atoms with Crippen molar-refractivity contribution in [2.24, 2.45) is 0 Å². The summed E-state index contributed by atoms with van der Waals surface area (Å²) in [5.74, 6) is -1.13. The van der Waals surface area contributed by atoms with Crippen LogP contribution in [0.3, 0.4) is 0 Å². The summed E-state index contributed by atoms with van der Waals surface area (Å²) in [5, 5.41) is 28.8. The highest BCUT2D eigenvalue weighted by atomic mass is 35.5. The molecule has 3 heterocycles. The molecule has 1 fully saturated rings. The van der Waals surface area contributed by atoms with E-state index in [9.17, 15) is 9.90 Å². The fourth-order valence-corrected chi connectivity index (χ4v) is 4.78. The predicted molar refractivity (Wildman–Crippen MR) is 122 cm³/mol. The van der Waals surface area contributed by atoms with Gasteiger partial charge in [-0.25, -0.2) is 9.48 Å². The van der Waals surface area contributed by atoms with Gasteiger partial charge in [0.15, 0.2) is 5.69 Å². The number of hydrogen-bond donors (Lipinski definition) is 2. The molecule has 2 aromatic heterocycles. The van der Waals surface area contributed by atoms with Gasteiger partial charge in [0, 0.05) is 24.4 Å². The number of aromatic nitrogens is 4. The molecule has 3 atom stereocenters. The molecule has 0 bridgehead atoms. The maximum absolute atomic E-state index is 11.1. The fourth-order valence-electron chi connectivity index (χ4n) is 4.49. The largest absolute Gasteiger partial charge is 0.476 e. The number of carboxylic acid groups (broad SMARTS) is 1. The highest BCUT2D eigenvalue weighted by Gasteiger charge is 2.31. The molecule has 5 rings (SSSR count). The molecule has 1 aliphatic rings. The summed E-state index contributed by atoms with van der Waals surface area (Å²) in [6.45, 7) is 0.296. The van der Waals surface area contributed by atoms with Gasteiger partial charge in [0.05, 0.1) is 35.5 Å². The van der Waals surface area contributed by atoms with E-state index >= 15 is 0 Å². The number of rotatable bonds is 6. The van der Waals surface area contributed by atoms with Crippen molar-refractivity contribution >= 4 is 28.5 Å². The van der Waals surface area contributed by atoms with Crippen molar-refractivity contribution in [3.8, 4) is 0 Å².